The van der Waals surface area contributed by atoms with Crippen molar-refractivity contribution in [2.75, 3.05) is 19.5 Å². The number of nitrogens with one attached hydrogen (secondary N) is 1. The number of nitrogens with zero attached hydrogens (tertiary/aromatic N) is 2. The largest absolute Gasteiger partial charge is 0.463 e. The van der Waals surface area contributed by atoms with Gasteiger partial charge in [0.15, 0.2) is 0 Å². The molecule has 154 valence electrons. The van der Waals surface area contributed by atoms with E-state index in [4.69, 9.17) is 28.6 Å². The van der Waals surface area contributed by atoms with Gasteiger partial charge in [-0.15, -0.1) is 5.01 Å². The van der Waals surface area contributed by atoms with Gasteiger partial charge in [-0.2, -0.15) is 5.01 Å². The van der Waals surface area contributed by atoms with Gasteiger partial charge in [0.25, 0.3) is 0 Å². The van der Waals surface area contributed by atoms with Crippen molar-refractivity contribution in [2.45, 2.75) is 0 Å². The van der Waals surface area contributed by atoms with E-state index < -0.39 is 34.8 Å². The molecule has 0 atom stereocenters. The zero-order valence-corrected chi connectivity index (χ0v) is 16.5. The van der Waals surface area contributed by atoms with Gasteiger partial charge in [0.05, 0.1) is 31.1 Å². The van der Waals surface area contributed by atoms with Crippen LogP contribution in [-0.4, -0.2) is 47.5 Å². The monoisotopic (exact) mass is 445 g/mol. The molecule has 0 unspecified atom stereocenters. The normalized spacial score (nSPS) is 12.8. The summed E-state index contributed by atoms with van der Waals surface area (Å²) < 4.78 is 33.1. The summed E-state index contributed by atoms with van der Waals surface area (Å²) in [4.78, 5) is 35.2. The molecule has 0 saturated carbocycles. The van der Waals surface area contributed by atoms with Crippen LogP contribution in [0.5, 0.6) is 5.75 Å². The Hall–Kier alpha value is -3.38. The molecule has 1 aliphatic heterocycles. The van der Waals surface area contributed by atoms with E-state index in [-0.39, 0.29) is 16.5 Å². The number of esters is 1. The maximum Gasteiger partial charge on any atom is 0.441 e. The average molecular weight is 446 g/mol. The number of methoxy groups -OCH3 is 2. The summed E-state index contributed by atoms with van der Waals surface area (Å²) in [6.07, 6.45) is -0.0164. The third kappa shape index (κ3) is 4.92. The van der Waals surface area contributed by atoms with Crippen LogP contribution in [0.3, 0.4) is 0 Å². The van der Waals surface area contributed by atoms with Gasteiger partial charge in [-0.1, -0.05) is 11.6 Å². The molecule has 1 aromatic carbocycles. The van der Waals surface area contributed by atoms with Crippen molar-refractivity contribution in [3.05, 3.63) is 47.8 Å². The quantitative estimate of drug-likeness (QED) is 0.246. The fraction of sp³-hybridized carbons (Fsp3) is 0.125. The third-order valence-electron chi connectivity index (χ3n) is 3.22. The Morgan fingerprint density at radius 3 is 2.62 bits per heavy atom. The van der Waals surface area contributed by atoms with Crippen molar-refractivity contribution in [3.63, 3.8) is 0 Å². The molecule has 0 aromatic heterocycles. The van der Waals surface area contributed by atoms with Gasteiger partial charge in [-0.25, -0.2) is 18.8 Å². The van der Waals surface area contributed by atoms with Crippen LogP contribution in [-0.2, 0) is 19.0 Å². The molecular weight excluding hydrogens is 433 g/mol. The summed E-state index contributed by atoms with van der Waals surface area (Å²) >= 11 is 11.0. The number of carbonyl (C=O) groups is 3. The number of anilines is 1. The van der Waals surface area contributed by atoms with Gasteiger partial charge < -0.3 is 24.3 Å². The topological polar surface area (TPSA) is 107 Å². The number of carbonyl (C=O) groups excluding carboxylic acids is 3. The minimum atomic E-state index is -1.06. The Kier molecular flexibility index (Phi) is 6.96. The standard InChI is InChI=1S/C16H13ClFN3O7S/c1-8(13(22)25-2)28-12-7-11(10(18)6-9(12)17)19-14(29)21-16(24)27-5-4-20(21)15(23)26-3/h4-7H,1H2,2-3H3,(H,19,29). The predicted molar refractivity (Wildman–Crippen MR) is 101 cm³/mol. The second-order valence-electron chi connectivity index (χ2n) is 5.00. The second-order valence-corrected chi connectivity index (χ2v) is 5.80. The van der Waals surface area contributed by atoms with E-state index in [1.165, 1.54) is 0 Å². The highest BCUT2D eigenvalue weighted by molar-refractivity contribution is 7.80. The lowest BCUT2D eigenvalue weighted by Crippen LogP contribution is -2.53. The molecule has 29 heavy (non-hydrogen) atoms. The summed E-state index contributed by atoms with van der Waals surface area (Å²) in [5.41, 5.74) is -0.292. The Balaban J connectivity index is 2.29. The minimum absolute atomic E-state index is 0.153. The van der Waals surface area contributed by atoms with E-state index in [1.807, 2.05) is 0 Å². The molecule has 2 rings (SSSR count). The SMILES string of the molecule is C=C(Oc1cc(NC(=S)N2C(=O)OC=CN2C(=O)OC)c(F)cc1Cl)C(=O)OC. The maximum atomic E-state index is 14.3. The van der Waals surface area contributed by atoms with Crippen LogP contribution < -0.4 is 10.1 Å². The number of hydrazine groups is 1. The molecule has 0 saturated heterocycles. The van der Waals surface area contributed by atoms with E-state index in [1.54, 1.807) is 0 Å². The molecule has 1 aromatic rings. The van der Waals surface area contributed by atoms with Crippen molar-refractivity contribution in [1.82, 2.24) is 10.0 Å². The van der Waals surface area contributed by atoms with Gasteiger partial charge in [-0.05, 0) is 24.9 Å². The van der Waals surface area contributed by atoms with Crippen LogP contribution >= 0.6 is 23.8 Å². The highest BCUT2D eigenvalue weighted by atomic mass is 35.5. The van der Waals surface area contributed by atoms with Crippen LogP contribution in [0.2, 0.25) is 5.02 Å². The lowest BCUT2D eigenvalue weighted by atomic mass is 10.3. The highest BCUT2D eigenvalue weighted by Gasteiger charge is 2.33. The summed E-state index contributed by atoms with van der Waals surface area (Å²) in [5, 5.41) is 3.08. The first-order valence-electron chi connectivity index (χ1n) is 7.49. The van der Waals surface area contributed by atoms with Crippen molar-refractivity contribution in [2.24, 2.45) is 0 Å². The Bertz CT molecular complexity index is 924. The van der Waals surface area contributed by atoms with Crippen LogP contribution in [0.1, 0.15) is 0 Å². The summed E-state index contributed by atoms with van der Waals surface area (Å²) in [7, 11) is 2.20. The molecular formula is C16H13ClFN3O7S. The number of thiocarbonyl (C=S) groups is 1. The first-order chi connectivity index (χ1) is 13.7. The van der Waals surface area contributed by atoms with Crippen LogP contribution in [0.15, 0.2) is 36.9 Å². The molecule has 0 aliphatic carbocycles. The Morgan fingerprint density at radius 1 is 1.31 bits per heavy atom. The molecule has 10 nitrogen and oxygen atoms in total. The first-order valence-corrected chi connectivity index (χ1v) is 8.27. The van der Waals surface area contributed by atoms with E-state index in [9.17, 15) is 18.8 Å². The highest BCUT2D eigenvalue weighted by Crippen LogP contribution is 2.32. The van der Waals surface area contributed by atoms with E-state index >= 15 is 0 Å². The maximum absolute atomic E-state index is 14.3. The van der Waals surface area contributed by atoms with E-state index in [0.717, 1.165) is 38.8 Å². The van der Waals surface area contributed by atoms with Crippen molar-refractivity contribution < 1.29 is 37.7 Å². The molecule has 1 aliphatic rings. The lowest BCUT2D eigenvalue weighted by molar-refractivity contribution is -0.138. The van der Waals surface area contributed by atoms with Crippen molar-refractivity contribution in [1.29, 1.82) is 0 Å². The number of rotatable bonds is 4. The fourth-order valence-corrected chi connectivity index (χ4v) is 2.39. The number of amides is 2. The van der Waals surface area contributed by atoms with Crippen molar-refractivity contribution in [3.8, 4) is 5.75 Å². The number of halogens is 2. The number of hydrogen-bond acceptors (Lipinski definition) is 8. The van der Waals surface area contributed by atoms with Crippen LogP contribution in [0, 0.1) is 5.82 Å². The molecule has 13 heteroatoms. The summed E-state index contributed by atoms with van der Waals surface area (Å²) in [5.74, 6) is -2.30. The van der Waals surface area contributed by atoms with Crippen molar-refractivity contribution >= 4 is 52.8 Å². The second kappa shape index (κ2) is 9.21. The van der Waals surface area contributed by atoms with Crippen LogP contribution in [0.4, 0.5) is 19.7 Å². The third-order valence-corrected chi connectivity index (χ3v) is 3.79. The average Bonchev–Trinajstić information content (AvgIpc) is 2.69. The molecule has 0 bridgehead atoms. The lowest BCUT2D eigenvalue weighted by Gasteiger charge is -2.32. The summed E-state index contributed by atoms with van der Waals surface area (Å²) in [6, 6.07) is 1.94. The molecule has 0 fully saturated rings. The fourth-order valence-electron chi connectivity index (χ4n) is 1.93. The molecule has 2 amide bonds. The molecule has 0 radical (unpaired) electrons. The molecule has 1 heterocycles. The zero-order chi connectivity index (χ0) is 21.7. The predicted octanol–water partition coefficient (Wildman–Crippen LogP) is 3.15. The number of benzene rings is 1. The minimum Gasteiger partial charge on any atom is -0.463 e. The van der Waals surface area contributed by atoms with Gasteiger partial charge in [-0.3, -0.25) is 0 Å². The first kappa shape index (κ1) is 21.9. The van der Waals surface area contributed by atoms with Gasteiger partial charge in [0, 0.05) is 6.07 Å². The van der Waals surface area contributed by atoms with Crippen LogP contribution in [0.25, 0.3) is 0 Å². The van der Waals surface area contributed by atoms with Gasteiger partial charge in [0.2, 0.25) is 10.9 Å². The van der Waals surface area contributed by atoms with Gasteiger partial charge in [0.1, 0.15) is 17.8 Å². The molecule has 0 spiro atoms. The summed E-state index contributed by atoms with van der Waals surface area (Å²) in [6.45, 7) is 3.37. The number of cyclic esters (lactones) is 1. The zero-order valence-electron chi connectivity index (χ0n) is 14.9. The smallest absolute Gasteiger partial charge is 0.441 e. The Labute approximate surface area is 174 Å². The number of ether oxygens (including phenoxy) is 4. The van der Waals surface area contributed by atoms with E-state index in [0.29, 0.717) is 10.0 Å². The molecule has 1 N–H and O–H groups in total. The van der Waals surface area contributed by atoms with E-state index in [2.05, 4.69) is 26.1 Å². The Morgan fingerprint density at radius 2 is 2.00 bits per heavy atom. The number of hydrogen-bond donors (Lipinski definition) is 1. The van der Waals surface area contributed by atoms with Gasteiger partial charge >= 0.3 is 18.2 Å².